The van der Waals surface area contributed by atoms with Crippen LogP contribution in [0.3, 0.4) is 0 Å². The Morgan fingerprint density at radius 1 is 1.42 bits per heavy atom. The number of nitrogens with one attached hydrogen (secondary N) is 1. The van der Waals surface area contributed by atoms with Gasteiger partial charge in [0.15, 0.2) is 0 Å². The van der Waals surface area contributed by atoms with E-state index in [4.69, 9.17) is 11.1 Å². The molecular weight excluding hydrogens is 274 g/mol. The number of hydrogen-bond acceptors (Lipinski definition) is 4. The molecule has 3 nitrogen and oxygen atoms in total. The van der Waals surface area contributed by atoms with E-state index in [0.29, 0.717) is 0 Å². The van der Waals surface area contributed by atoms with Crippen molar-refractivity contribution in [2.75, 3.05) is 0 Å². The number of rotatable bonds is 6. The Bertz CT molecular complexity index is 422. The average molecular weight is 297 g/mol. The average Bonchev–Trinajstić information content (AvgIpc) is 2.81. The van der Waals surface area contributed by atoms with Crippen molar-refractivity contribution in [3.05, 3.63) is 15.6 Å². The molecular formula is C14H23N3S2. The van der Waals surface area contributed by atoms with Gasteiger partial charge in [-0.15, -0.1) is 11.3 Å². The van der Waals surface area contributed by atoms with E-state index in [-0.39, 0.29) is 5.84 Å². The number of amidine groups is 1. The number of hydrogen-bond donors (Lipinski definition) is 2. The molecule has 0 unspecified atom stereocenters. The summed E-state index contributed by atoms with van der Waals surface area (Å²) in [6, 6.07) is 0. The molecule has 5 heteroatoms. The summed E-state index contributed by atoms with van der Waals surface area (Å²) in [4.78, 5) is 5.57. The molecule has 1 fully saturated rings. The first kappa shape index (κ1) is 14.9. The van der Waals surface area contributed by atoms with Crippen molar-refractivity contribution in [1.82, 2.24) is 4.98 Å². The van der Waals surface area contributed by atoms with Gasteiger partial charge in [-0.2, -0.15) is 11.8 Å². The van der Waals surface area contributed by atoms with Crippen molar-refractivity contribution >= 4 is 28.9 Å². The molecule has 0 spiro atoms. The maximum Gasteiger partial charge on any atom is 0.135 e. The Hall–Kier alpha value is -0.550. The van der Waals surface area contributed by atoms with Gasteiger partial charge in [0.05, 0.1) is 10.6 Å². The van der Waals surface area contributed by atoms with Gasteiger partial charge in [0.1, 0.15) is 10.8 Å². The van der Waals surface area contributed by atoms with Gasteiger partial charge in [-0.05, 0) is 19.3 Å². The van der Waals surface area contributed by atoms with Crippen LogP contribution in [0.1, 0.15) is 61.0 Å². The summed E-state index contributed by atoms with van der Waals surface area (Å²) in [5.74, 6) is 1.16. The van der Waals surface area contributed by atoms with Crippen LogP contribution in [0.5, 0.6) is 0 Å². The molecule has 1 saturated carbocycles. The summed E-state index contributed by atoms with van der Waals surface area (Å²) in [5, 5.41) is 9.59. The van der Waals surface area contributed by atoms with E-state index in [1.165, 1.54) is 32.1 Å². The van der Waals surface area contributed by atoms with E-state index < -0.39 is 0 Å². The molecule has 1 aromatic heterocycles. The van der Waals surface area contributed by atoms with Crippen molar-refractivity contribution in [1.29, 1.82) is 5.41 Å². The number of aromatic nitrogens is 1. The SMILES string of the molecule is CCCc1nc(CSC2CCCCC2)sc1C(=N)N. The summed E-state index contributed by atoms with van der Waals surface area (Å²) in [6.07, 6.45) is 8.88. The zero-order valence-electron chi connectivity index (χ0n) is 11.6. The minimum Gasteiger partial charge on any atom is -0.383 e. The van der Waals surface area contributed by atoms with Crippen LogP contribution in [0, 0.1) is 5.41 Å². The summed E-state index contributed by atoms with van der Waals surface area (Å²) >= 11 is 3.65. The molecule has 19 heavy (non-hydrogen) atoms. The lowest BCUT2D eigenvalue weighted by Crippen LogP contribution is -2.11. The predicted octanol–water partition coefficient (Wildman–Crippen LogP) is 3.95. The number of thiazole rings is 1. The smallest absolute Gasteiger partial charge is 0.135 e. The molecule has 0 aromatic carbocycles. The fourth-order valence-electron chi connectivity index (χ4n) is 2.50. The van der Waals surface area contributed by atoms with E-state index in [9.17, 15) is 0 Å². The fourth-order valence-corrected chi connectivity index (χ4v) is 4.82. The molecule has 1 aromatic rings. The first-order valence-corrected chi connectivity index (χ1v) is 9.01. The molecule has 1 aliphatic rings. The number of aryl methyl sites for hydroxylation is 1. The summed E-state index contributed by atoms with van der Waals surface area (Å²) < 4.78 is 0. The van der Waals surface area contributed by atoms with Gasteiger partial charge in [0.2, 0.25) is 0 Å². The molecule has 0 radical (unpaired) electrons. The second-order valence-electron chi connectivity index (χ2n) is 5.12. The number of nitrogens with zero attached hydrogens (tertiary/aromatic N) is 1. The predicted molar refractivity (Wildman–Crippen MR) is 85.3 cm³/mol. The van der Waals surface area contributed by atoms with Gasteiger partial charge in [0, 0.05) is 11.0 Å². The third-order valence-electron chi connectivity index (χ3n) is 3.47. The van der Waals surface area contributed by atoms with Crippen molar-refractivity contribution < 1.29 is 0 Å². The van der Waals surface area contributed by atoms with Crippen LogP contribution in [0.4, 0.5) is 0 Å². The molecule has 3 N–H and O–H groups in total. The molecule has 0 bridgehead atoms. The van der Waals surface area contributed by atoms with E-state index >= 15 is 0 Å². The van der Waals surface area contributed by atoms with Crippen LogP contribution >= 0.6 is 23.1 Å². The normalized spacial score (nSPS) is 16.7. The highest BCUT2D eigenvalue weighted by Crippen LogP contribution is 2.32. The summed E-state index contributed by atoms with van der Waals surface area (Å²) in [5.41, 5.74) is 6.67. The molecule has 1 aliphatic carbocycles. The van der Waals surface area contributed by atoms with Gasteiger partial charge >= 0.3 is 0 Å². The maximum absolute atomic E-state index is 7.64. The molecule has 0 aliphatic heterocycles. The Morgan fingerprint density at radius 2 is 2.16 bits per heavy atom. The van der Waals surface area contributed by atoms with Crippen LogP contribution in [-0.2, 0) is 12.2 Å². The van der Waals surface area contributed by atoms with Crippen LogP contribution in [0.2, 0.25) is 0 Å². The zero-order valence-corrected chi connectivity index (χ0v) is 13.2. The molecule has 0 saturated heterocycles. The van der Waals surface area contributed by atoms with Crippen molar-refractivity contribution in [3.63, 3.8) is 0 Å². The summed E-state index contributed by atoms with van der Waals surface area (Å²) in [7, 11) is 0. The number of nitrogens with two attached hydrogens (primary N) is 1. The topological polar surface area (TPSA) is 62.8 Å². The monoisotopic (exact) mass is 297 g/mol. The van der Waals surface area contributed by atoms with Crippen LogP contribution < -0.4 is 5.73 Å². The van der Waals surface area contributed by atoms with Crippen molar-refractivity contribution in [2.24, 2.45) is 5.73 Å². The van der Waals surface area contributed by atoms with Crippen LogP contribution in [0.25, 0.3) is 0 Å². The highest BCUT2D eigenvalue weighted by atomic mass is 32.2. The van der Waals surface area contributed by atoms with Crippen molar-refractivity contribution in [2.45, 2.75) is 62.9 Å². The number of nitrogen functional groups attached to an aromatic ring is 1. The van der Waals surface area contributed by atoms with E-state index in [2.05, 4.69) is 11.9 Å². The third kappa shape index (κ3) is 4.21. The standard InChI is InChI=1S/C14H23N3S2/c1-2-6-11-13(14(15)16)19-12(17-11)9-18-10-7-4-3-5-8-10/h10H,2-9H2,1H3,(H3,15,16). The second kappa shape index (κ2) is 7.29. The first-order chi connectivity index (χ1) is 9.20. The largest absolute Gasteiger partial charge is 0.383 e. The fraction of sp³-hybridized carbons (Fsp3) is 0.714. The minimum atomic E-state index is 0.176. The van der Waals surface area contributed by atoms with E-state index in [0.717, 1.165) is 39.4 Å². The first-order valence-electron chi connectivity index (χ1n) is 7.15. The molecule has 106 valence electrons. The summed E-state index contributed by atoms with van der Waals surface area (Å²) in [6.45, 7) is 2.14. The van der Waals surface area contributed by atoms with Gasteiger partial charge in [-0.1, -0.05) is 32.6 Å². The van der Waals surface area contributed by atoms with Gasteiger partial charge in [-0.25, -0.2) is 4.98 Å². The molecule has 1 heterocycles. The van der Waals surface area contributed by atoms with Crippen molar-refractivity contribution in [3.8, 4) is 0 Å². The Kier molecular flexibility index (Phi) is 5.70. The maximum atomic E-state index is 7.64. The minimum absolute atomic E-state index is 0.176. The van der Waals surface area contributed by atoms with Gasteiger partial charge < -0.3 is 5.73 Å². The Morgan fingerprint density at radius 3 is 2.79 bits per heavy atom. The highest BCUT2D eigenvalue weighted by molar-refractivity contribution is 7.99. The zero-order chi connectivity index (χ0) is 13.7. The van der Waals surface area contributed by atoms with Gasteiger partial charge in [-0.3, -0.25) is 5.41 Å². The van der Waals surface area contributed by atoms with E-state index in [1.807, 2.05) is 11.8 Å². The third-order valence-corrected chi connectivity index (χ3v) is 6.16. The quantitative estimate of drug-likeness (QED) is 0.617. The molecule has 2 rings (SSSR count). The number of thioether (sulfide) groups is 1. The Labute approximate surface area is 123 Å². The lowest BCUT2D eigenvalue weighted by atomic mass is 10.0. The molecule has 0 amide bonds. The van der Waals surface area contributed by atoms with Gasteiger partial charge in [0.25, 0.3) is 0 Å². The lowest BCUT2D eigenvalue weighted by molar-refractivity contribution is 0.516. The highest BCUT2D eigenvalue weighted by Gasteiger charge is 2.17. The molecule has 0 atom stereocenters. The lowest BCUT2D eigenvalue weighted by Gasteiger charge is -2.20. The van der Waals surface area contributed by atoms with Crippen LogP contribution in [-0.4, -0.2) is 16.1 Å². The van der Waals surface area contributed by atoms with E-state index in [1.54, 1.807) is 11.3 Å². The second-order valence-corrected chi connectivity index (χ2v) is 7.49. The Balaban J connectivity index is 1.95. The van der Waals surface area contributed by atoms with Crippen LogP contribution in [0.15, 0.2) is 0 Å².